The summed E-state index contributed by atoms with van der Waals surface area (Å²) in [4.78, 5) is 22.0. The van der Waals surface area contributed by atoms with Crippen LogP contribution in [-0.4, -0.2) is 30.2 Å². The van der Waals surface area contributed by atoms with Crippen LogP contribution in [0, 0.1) is 10.1 Å². The van der Waals surface area contributed by atoms with Gasteiger partial charge in [0.1, 0.15) is 5.69 Å². The first kappa shape index (κ1) is 22.4. The molecule has 0 aliphatic carbocycles. The predicted octanol–water partition coefficient (Wildman–Crippen LogP) is 7.08. The first-order valence-electron chi connectivity index (χ1n) is 9.67. The standard InChI is InChI=1S/C23H19BrN4O2S2/c1-27(2)20-10-5-16(11-21(20)28(29)30)13-25-18-8-9-19-22(12-18)32-23(26-19)31-14-15-3-6-17(24)7-4-15/h3-13H,14H2,1-2H3. The van der Waals surface area contributed by atoms with E-state index in [1.54, 1.807) is 60.4 Å². The highest BCUT2D eigenvalue weighted by atomic mass is 79.9. The van der Waals surface area contributed by atoms with E-state index in [1.807, 2.05) is 36.4 Å². The van der Waals surface area contributed by atoms with E-state index in [2.05, 4.69) is 33.1 Å². The molecule has 3 aromatic carbocycles. The number of halogens is 1. The van der Waals surface area contributed by atoms with Crippen LogP contribution < -0.4 is 4.90 Å². The number of fused-ring (bicyclic) bond motifs is 1. The van der Waals surface area contributed by atoms with Crippen molar-refractivity contribution in [2.24, 2.45) is 4.99 Å². The van der Waals surface area contributed by atoms with E-state index in [0.717, 1.165) is 30.5 Å². The van der Waals surface area contributed by atoms with E-state index in [0.29, 0.717) is 11.3 Å². The number of thioether (sulfide) groups is 1. The molecule has 0 spiro atoms. The van der Waals surface area contributed by atoms with Crippen molar-refractivity contribution in [2.45, 2.75) is 10.1 Å². The van der Waals surface area contributed by atoms with Crippen molar-refractivity contribution >= 4 is 72.5 Å². The average molecular weight is 527 g/mol. The Hall–Kier alpha value is -2.75. The van der Waals surface area contributed by atoms with Crippen LogP contribution in [-0.2, 0) is 5.75 Å². The lowest BCUT2D eigenvalue weighted by Gasteiger charge is -2.12. The zero-order chi connectivity index (χ0) is 22.7. The number of nitro groups is 1. The number of aromatic nitrogens is 1. The van der Waals surface area contributed by atoms with Crippen molar-refractivity contribution in [2.75, 3.05) is 19.0 Å². The third-order valence-electron chi connectivity index (χ3n) is 4.67. The van der Waals surface area contributed by atoms with E-state index in [4.69, 9.17) is 4.98 Å². The Labute approximate surface area is 202 Å². The summed E-state index contributed by atoms with van der Waals surface area (Å²) >= 11 is 6.81. The number of thiazole rings is 1. The number of nitrogens with zero attached hydrogens (tertiary/aromatic N) is 4. The fourth-order valence-corrected chi connectivity index (χ4v) is 5.38. The molecular weight excluding hydrogens is 508 g/mol. The fourth-order valence-electron chi connectivity index (χ4n) is 3.05. The molecule has 0 saturated carbocycles. The van der Waals surface area contributed by atoms with E-state index in [1.165, 1.54) is 5.56 Å². The maximum Gasteiger partial charge on any atom is 0.293 e. The summed E-state index contributed by atoms with van der Waals surface area (Å²) in [7, 11) is 3.57. The molecule has 32 heavy (non-hydrogen) atoms. The normalized spacial score (nSPS) is 11.3. The monoisotopic (exact) mass is 526 g/mol. The molecule has 0 amide bonds. The molecule has 1 aromatic heterocycles. The summed E-state index contributed by atoms with van der Waals surface area (Å²) in [6.07, 6.45) is 1.65. The smallest absolute Gasteiger partial charge is 0.293 e. The number of hydrogen-bond donors (Lipinski definition) is 0. The first-order chi connectivity index (χ1) is 15.4. The molecule has 0 aliphatic heterocycles. The summed E-state index contributed by atoms with van der Waals surface area (Å²) in [6.45, 7) is 0. The highest BCUT2D eigenvalue weighted by Crippen LogP contribution is 2.34. The Morgan fingerprint density at radius 1 is 1.16 bits per heavy atom. The van der Waals surface area contributed by atoms with Crippen molar-refractivity contribution in [1.82, 2.24) is 4.98 Å². The lowest BCUT2D eigenvalue weighted by molar-refractivity contribution is -0.384. The largest absolute Gasteiger partial charge is 0.372 e. The minimum absolute atomic E-state index is 0.0595. The van der Waals surface area contributed by atoms with Crippen LogP contribution in [0.5, 0.6) is 0 Å². The second kappa shape index (κ2) is 9.81. The second-order valence-electron chi connectivity index (χ2n) is 7.20. The van der Waals surface area contributed by atoms with Crippen molar-refractivity contribution < 1.29 is 4.92 Å². The first-order valence-corrected chi connectivity index (χ1v) is 12.3. The number of aliphatic imine (C=N–C) groups is 1. The number of nitro benzene ring substituents is 1. The molecule has 0 atom stereocenters. The SMILES string of the molecule is CN(C)c1ccc(C=Nc2ccc3nc(SCc4ccc(Br)cc4)sc3c2)cc1[N+](=O)[O-]. The van der Waals surface area contributed by atoms with Gasteiger partial charge >= 0.3 is 0 Å². The van der Waals surface area contributed by atoms with E-state index < -0.39 is 0 Å². The molecule has 162 valence electrons. The molecule has 0 aliphatic rings. The van der Waals surface area contributed by atoms with E-state index in [9.17, 15) is 10.1 Å². The van der Waals surface area contributed by atoms with Gasteiger partial charge in [0, 0.05) is 36.6 Å². The van der Waals surface area contributed by atoms with Gasteiger partial charge in [-0.05, 0) is 47.5 Å². The number of benzene rings is 3. The molecular formula is C23H19BrN4O2S2. The Kier molecular flexibility index (Phi) is 6.88. The minimum atomic E-state index is -0.372. The van der Waals surface area contributed by atoms with Crippen LogP contribution in [0.3, 0.4) is 0 Å². The Bertz CT molecular complexity index is 1300. The van der Waals surface area contributed by atoms with Gasteiger partial charge in [-0.2, -0.15) is 0 Å². The van der Waals surface area contributed by atoms with Gasteiger partial charge in [0.15, 0.2) is 4.34 Å². The Morgan fingerprint density at radius 2 is 1.94 bits per heavy atom. The third-order valence-corrected chi connectivity index (χ3v) is 7.43. The van der Waals surface area contributed by atoms with Crippen LogP contribution >= 0.6 is 39.0 Å². The van der Waals surface area contributed by atoms with Crippen LogP contribution in [0.25, 0.3) is 10.2 Å². The number of hydrogen-bond acceptors (Lipinski definition) is 7. The predicted molar refractivity (Wildman–Crippen MR) is 138 cm³/mol. The Morgan fingerprint density at radius 3 is 2.66 bits per heavy atom. The van der Waals surface area contributed by atoms with Crippen LogP contribution in [0.1, 0.15) is 11.1 Å². The molecule has 0 unspecified atom stereocenters. The molecule has 4 aromatic rings. The van der Waals surface area contributed by atoms with Crippen molar-refractivity contribution in [3.8, 4) is 0 Å². The van der Waals surface area contributed by atoms with Gasteiger partial charge in [0.05, 0.1) is 20.8 Å². The average Bonchev–Trinajstić information content (AvgIpc) is 3.19. The quantitative estimate of drug-likeness (QED) is 0.111. The molecule has 4 rings (SSSR count). The maximum absolute atomic E-state index is 11.4. The number of anilines is 1. The van der Waals surface area contributed by atoms with Crippen molar-refractivity contribution in [3.05, 3.63) is 86.4 Å². The van der Waals surface area contributed by atoms with Crippen LogP contribution in [0.4, 0.5) is 17.1 Å². The van der Waals surface area contributed by atoms with Gasteiger partial charge in [-0.1, -0.05) is 45.9 Å². The molecule has 6 nitrogen and oxygen atoms in total. The van der Waals surface area contributed by atoms with Gasteiger partial charge in [-0.15, -0.1) is 11.3 Å². The summed E-state index contributed by atoms with van der Waals surface area (Å²) in [6, 6.07) is 19.3. The van der Waals surface area contributed by atoms with Gasteiger partial charge in [-0.25, -0.2) is 4.98 Å². The van der Waals surface area contributed by atoms with Crippen molar-refractivity contribution in [3.63, 3.8) is 0 Å². The molecule has 9 heteroatoms. The molecule has 0 fully saturated rings. The molecule has 0 bridgehead atoms. The lowest BCUT2D eigenvalue weighted by Crippen LogP contribution is -2.11. The second-order valence-corrected chi connectivity index (χ2v) is 10.4. The topological polar surface area (TPSA) is 71.6 Å². The van der Waals surface area contributed by atoms with Crippen LogP contribution in [0.15, 0.2) is 74.5 Å². The summed E-state index contributed by atoms with van der Waals surface area (Å²) in [5, 5.41) is 11.4. The highest BCUT2D eigenvalue weighted by Gasteiger charge is 2.15. The molecule has 1 heterocycles. The van der Waals surface area contributed by atoms with Gasteiger partial charge in [0.25, 0.3) is 5.69 Å². The zero-order valence-electron chi connectivity index (χ0n) is 17.4. The summed E-state index contributed by atoms with van der Waals surface area (Å²) in [5.41, 5.74) is 4.27. The number of rotatable bonds is 7. The Balaban J connectivity index is 1.50. The third kappa shape index (κ3) is 5.35. The highest BCUT2D eigenvalue weighted by molar-refractivity contribution is 9.10. The van der Waals surface area contributed by atoms with Gasteiger partial charge in [-0.3, -0.25) is 15.1 Å². The summed E-state index contributed by atoms with van der Waals surface area (Å²) < 4.78 is 3.15. The van der Waals surface area contributed by atoms with Crippen molar-refractivity contribution in [1.29, 1.82) is 0 Å². The fraction of sp³-hybridized carbons (Fsp3) is 0.130. The zero-order valence-corrected chi connectivity index (χ0v) is 20.6. The molecule has 0 N–H and O–H groups in total. The van der Waals surface area contributed by atoms with E-state index in [-0.39, 0.29) is 10.6 Å². The summed E-state index contributed by atoms with van der Waals surface area (Å²) in [5.74, 6) is 0.861. The van der Waals surface area contributed by atoms with E-state index >= 15 is 0 Å². The van der Waals surface area contributed by atoms with Crippen LogP contribution in [0.2, 0.25) is 0 Å². The maximum atomic E-state index is 11.4. The lowest BCUT2D eigenvalue weighted by atomic mass is 10.1. The molecule has 0 saturated heterocycles. The van der Waals surface area contributed by atoms with Gasteiger partial charge < -0.3 is 4.90 Å². The van der Waals surface area contributed by atoms with Gasteiger partial charge in [0.2, 0.25) is 0 Å². The minimum Gasteiger partial charge on any atom is -0.372 e. The molecule has 0 radical (unpaired) electrons.